The Hall–Kier alpha value is -1.56. The molecule has 0 saturated carbocycles. The van der Waals surface area contributed by atoms with Crippen molar-refractivity contribution in [1.29, 1.82) is 0 Å². The average molecular weight is 340 g/mol. The van der Waals surface area contributed by atoms with E-state index < -0.39 is 0 Å². The normalized spacial score (nSPS) is 13.4. The fourth-order valence-corrected chi connectivity index (χ4v) is 1.99. The molecule has 1 atom stereocenters. The lowest BCUT2D eigenvalue weighted by Gasteiger charge is -2.24. The van der Waals surface area contributed by atoms with Crippen molar-refractivity contribution in [1.82, 2.24) is 10.6 Å². The number of nitrogens with zero attached hydrogens (tertiary/aromatic N) is 1. The van der Waals surface area contributed by atoms with Gasteiger partial charge in [-0.15, -0.1) is 0 Å². The van der Waals surface area contributed by atoms with Crippen LogP contribution in [0.2, 0.25) is 0 Å². The molecule has 1 aromatic rings. The van der Waals surface area contributed by atoms with Crippen LogP contribution in [0.1, 0.15) is 20.8 Å². The first-order valence-electron chi connectivity index (χ1n) is 7.70. The lowest BCUT2D eigenvalue weighted by atomic mass is 10.2. The largest absolute Gasteiger partial charge is 0.497 e. The molecule has 5 nitrogen and oxygen atoms in total. The minimum atomic E-state index is 0.00853. The SMILES string of the molecule is CN=C(NCC(C)Oc1cccc(OC)c1)NCC(C)(C)SC. The van der Waals surface area contributed by atoms with Gasteiger partial charge in [-0.3, -0.25) is 4.99 Å². The second-order valence-corrected chi connectivity index (χ2v) is 7.39. The number of nitrogens with one attached hydrogen (secondary N) is 2. The van der Waals surface area contributed by atoms with Gasteiger partial charge in [-0.1, -0.05) is 6.07 Å². The molecule has 0 aliphatic carbocycles. The molecule has 0 aliphatic heterocycles. The van der Waals surface area contributed by atoms with Gasteiger partial charge in [0.25, 0.3) is 0 Å². The summed E-state index contributed by atoms with van der Waals surface area (Å²) in [5, 5.41) is 6.63. The number of methoxy groups -OCH3 is 1. The van der Waals surface area contributed by atoms with E-state index >= 15 is 0 Å². The van der Waals surface area contributed by atoms with Crippen LogP contribution in [0.3, 0.4) is 0 Å². The van der Waals surface area contributed by atoms with Crippen LogP contribution in [-0.2, 0) is 0 Å². The Kier molecular flexibility index (Phi) is 8.09. The van der Waals surface area contributed by atoms with Crippen LogP contribution in [0.4, 0.5) is 0 Å². The van der Waals surface area contributed by atoms with E-state index in [9.17, 15) is 0 Å². The van der Waals surface area contributed by atoms with E-state index in [1.165, 1.54) is 0 Å². The Labute approximate surface area is 144 Å². The third-order valence-electron chi connectivity index (χ3n) is 3.39. The summed E-state index contributed by atoms with van der Waals surface area (Å²) in [5.74, 6) is 2.37. The second kappa shape index (κ2) is 9.55. The van der Waals surface area contributed by atoms with Gasteiger partial charge in [0.05, 0.1) is 13.7 Å². The molecule has 1 unspecified atom stereocenters. The fraction of sp³-hybridized carbons (Fsp3) is 0.588. The van der Waals surface area contributed by atoms with Crippen molar-refractivity contribution in [3.63, 3.8) is 0 Å². The first-order chi connectivity index (χ1) is 10.9. The van der Waals surface area contributed by atoms with E-state index in [0.717, 1.165) is 24.0 Å². The van der Waals surface area contributed by atoms with Gasteiger partial charge in [-0.25, -0.2) is 0 Å². The van der Waals surface area contributed by atoms with Gasteiger partial charge < -0.3 is 20.1 Å². The molecule has 0 aliphatic rings. The number of thioether (sulfide) groups is 1. The molecule has 2 N–H and O–H groups in total. The molecule has 23 heavy (non-hydrogen) atoms. The summed E-state index contributed by atoms with van der Waals surface area (Å²) in [5.41, 5.74) is 0. The highest BCUT2D eigenvalue weighted by Crippen LogP contribution is 2.20. The number of hydrogen-bond acceptors (Lipinski definition) is 4. The molecule has 130 valence electrons. The molecule has 1 rings (SSSR count). The maximum atomic E-state index is 5.89. The number of aliphatic imine (C=N–C) groups is 1. The number of hydrogen-bond donors (Lipinski definition) is 2. The summed E-state index contributed by atoms with van der Waals surface area (Å²) in [6.07, 6.45) is 2.12. The average Bonchev–Trinajstić information content (AvgIpc) is 2.55. The third kappa shape index (κ3) is 7.50. The van der Waals surface area contributed by atoms with Gasteiger partial charge in [0.2, 0.25) is 0 Å². The monoisotopic (exact) mass is 339 g/mol. The summed E-state index contributed by atoms with van der Waals surface area (Å²) < 4.78 is 11.3. The Balaban J connectivity index is 2.42. The van der Waals surface area contributed by atoms with Crippen molar-refractivity contribution in [3.05, 3.63) is 24.3 Å². The predicted octanol–water partition coefficient (Wildman–Crippen LogP) is 2.77. The number of guanidine groups is 1. The van der Waals surface area contributed by atoms with E-state index in [2.05, 4.69) is 35.7 Å². The Morgan fingerprint density at radius 1 is 1.30 bits per heavy atom. The summed E-state index contributed by atoms with van der Waals surface area (Å²) in [6.45, 7) is 7.93. The molecule has 0 radical (unpaired) electrons. The van der Waals surface area contributed by atoms with Gasteiger partial charge in [0.1, 0.15) is 17.6 Å². The molecule has 0 aromatic heterocycles. The number of ether oxygens (including phenoxy) is 2. The van der Waals surface area contributed by atoms with Crippen LogP contribution in [0, 0.1) is 0 Å². The van der Waals surface area contributed by atoms with E-state index in [1.54, 1.807) is 14.2 Å². The van der Waals surface area contributed by atoms with Crippen molar-refractivity contribution >= 4 is 17.7 Å². The van der Waals surface area contributed by atoms with Gasteiger partial charge in [-0.2, -0.15) is 11.8 Å². The third-order valence-corrected chi connectivity index (χ3v) is 4.64. The molecule has 0 bridgehead atoms. The quantitative estimate of drug-likeness (QED) is 0.563. The minimum absolute atomic E-state index is 0.00853. The van der Waals surface area contributed by atoms with E-state index in [4.69, 9.17) is 9.47 Å². The fourth-order valence-electron chi connectivity index (χ4n) is 1.78. The predicted molar refractivity (Wildman–Crippen MR) is 100 cm³/mol. The second-order valence-electron chi connectivity index (χ2n) is 5.88. The summed E-state index contributed by atoms with van der Waals surface area (Å²) in [6, 6.07) is 7.62. The summed E-state index contributed by atoms with van der Waals surface area (Å²) >= 11 is 1.83. The maximum Gasteiger partial charge on any atom is 0.191 e. The van der Waals surface area contributed by atoms with Gasteiger partial charge in [0.15, 0.2) is 5.96 Å². The zero-order valence-electron chi connectivity index (χ0n) is 15.0. The van der Waals surface area contributed by atoms with Crippen molar-refractivity contribution < 1.29 is 9.47 Å². The van der Waals surface area contributed by atoms with Crippen LogP contribution in [0.25, 0.3) is 0 Å². The standard InChI is InChI=1S/C17H29N3O2S/c1-13(22-15-9-7-8-14(10-15)21-5)11-19-16(18-4)20-12-17(2,3)23-6/h7-10,13H,11-12H2,1-6H3,(H2,18,19,20). The number of benzene rings is 1. The van der Waals surface area contributed by atoms with Crippen LogP contribution in [0.5, 0.6) is 11.5 Å². The van der Waals surface area contributed by atoms with Crippen LogP contribution >= 0.6 is 11.8 Å². The first kappa shape index (κ1) is 19.5. The van der Waals surface area contributed by atoms with E-state index in [-0.39, 0.29) is 10.9 Å². The zero-order valence-corrected chi connectivity index (χ0v) is 15.8. The Bertz CT molecular complexity index is 506. The maximum absolute atomic E-state index is 5.89. The highest BCUT2D eigenvalue weighted by atomic mass is 32.2. The molecule has 6 heteroatoms. The molecule has 0 heterocycles. The zero-order chi connectivity index (χ0) is 17.3. The number of rotatable bonds is 8. The minimum Gasteiger partial charge on any atom is -0.497 e. The van der Waals surface area contributed by atoms with E-state index in [0.29, 0.717) is 6.54 Å². The van der Waals surface area contributed by atoms with Gasteiger partial charge >= 0.3 is 0 Å². The molecule has 0 fully saturated rings. The van der Waals surface area contributed by atoms with Crippen LogP contribution in [-0.4, -0.2) is 50.3 Å². The summed E-state index contributed by atoms with van der Waals surface area (Å²) in [7, 11) is 3.42. The van der Waals surface area contributed by atoms with Gasteiger partial charge in [0, 0.05) is 24.4 Å². The van der Waals surface area contributed by atoms with Crippen molar-refractivity contribution in [2.75, 3.05) is 33.5 Å². The van der Waals surface area contributed by atoms with Crippen molar-refractivity contribution in [2.24, 2.45) is 4.99 Å². The Morgan fingerprint density at radius 2 is 2.00 bits per heavy atom. The Morgan fingerprint density at radius 3 is 2.61 bits per heavy atom. The van der Waals surface area contributed by atoms with Crippen LogP contribution < -0.4 is 20.1 Å². The molecular formula is C17H29N3O2S. The smallest absolute Gasteiger partial charge is 0.191 e. The molecule has 0 spiro atoms. The molecule has 1 aromatic carbocycles. The first-order valence-corrected chi connectivity index (χ1v) is 8.93. The lowest BCUT2D eigenvalue weighted by Crippen LogP contribution is -2.45. The highest BCUT2D eigenvalue weighted by molar-refractivity contribution is 7.99. The van der Waals surface area contributed by atoms with Gasteiger partial charge in [-0.05, 0) is 39.2 Å². The van der Waals surface area contributed by atoms with Crippen molar-refractivity contribution in [3.8, 4) is 11.5 Å². The summed E-state index contributed by atoms with van der Waals surface area (Å²) in [4.78, 5) is 4.24. The topological polar surface area (TPSA) is 54.9 Å². The lowest BCUT2D eigenvalue weighted by molar-refractivity contribution is 0.223. The highest BCUT2D eigenvalue weighted by Gasteiger charge is 2.16. The molecule has 0 amide bonds. The molecular weight excluding hydrogens is 310 g/mol. The van der Waals surface area contributed by atoms with E-state index in [1.807, 2.05) is 43.0 Å². The van der Waals surface area contributed by atoms with Crippen molar-refractivity contribution in [2.45, 2.75) is 31.6 Å². The van der Waals surface area contributed by atoms with Crippen LogP contribution in [0.15, 0.2) is 29.3 Å². The molecule has 0 saturated heterocycles.